The zero-order valence-electron chi connectivity index (χ0n) is 35.4. The molecule has 3 saturated heterocycles. The van der Waals surface area contributed by atoms with Crippen molar-refractivity contribution in [1.82, 2.24) is 9.80 Å². The minimum Gasteiger partial charge on any atom is -0.300 e. The van der Waals surface area contributed by atoms with Gasteiger partial charge in [0.05, 0.1) is 4.90 Å². The number of sulfone groups is 1. The maximum absolute atomic E-state index is 12.1. The van der Waals surface area contributed by atoms with Crippen molar-refractivity contribution in [3.8, 4) is 0 Å². The third-order valence-corrected chi connectivity index (χ3v) is 11.4. The number of rotatable bonds is 6. The molecular formula is C45H80N2O3S. The summed E-state index contributed by atoms with van der Waals surface area (Å²) in [5.74, 6) is 1.98. The lowest BCUT2D eigenvalue weighted by molar-refractivity contribution is 0.0992. The Morgan fingerprint density at radius 3 is 1.63 bits per heavy atom. The van der Waals surface area contributed by atoms with Gasteiger partial charge in [0, 0.05) is 50.0 Å². The van der Waals surface area contributed by atoms with Gasteiger partial charge < -0.3 is 9.80 Å². The van der Waals surface area contributed by atoms with Crippen LogP contribution < -0.4 is 0 Å². The third kappa shape index (κ3) is 17.6. The van der Waals surface area contributed by atoms with Gasteiger partial charge >= 0.3 is 0 Å². The van der Waals surface area contributed by atoms with E-state index in [1.165, 1.54) is 96.1 Å². The van der Waals surface area contributed by atoms with Crippen LogP contribution in [-0.4, -0.2) is 68.5 Å². The van der Waals surface area contributed by atoms with Gasteiger partial charge in [0.2, 0.25) is 0 Å². The summed E-state index contributed by atoms with van der Waals surface area (Å²) in [5.41, 5.74) is 2.11. The lowest BCUT2D eigenvalue weighted by Crippen LogP contribution is -2.34. The van der Waals surface area contributed by atoms with Crippen molar-refractivity contribution >= 4 is 15.6 Å². The second-order valence-electron chi connectivity index (χ2n) is 14.3. The van der Waals surface area contributed by atoms with Gasteiger partial charge in [-0.2, -0.15) is 0 Å². The number of hydrogen-bond acceptors (Lipinski definition) is 5. The van der Waals surface area contributed by atoms with E-state index in [1.54, 1.807) is 12.1 Å². The summed E-state index contributed by atoms with van der Waals surface area (Å²) in [6.45, 7) is 30.8. The smallest absolute Gasteiger partial charge is 0.175 e. The fourth-order valence-electron chi connectivity index (χ4n) is 7.48. The summed E-state index contributed by atoms with van der Waals surface area (Å²) in [6, 6.07) is 17.1. The van der Waals surface area contributed by atoms with E-state index >= 15 is 0 Å². The molecule has 1 spiro atoms. The highest BCUT2D eigenvalue weighted by atomic mass is 32.2. The average molecular weight is 729 g/mol. The Labute approximate surface area is 317 Å². The summed E-state index contributed by atoms with van der Waals surface area (Å²) in [7, 11) is -3.28. The first-order valence-electron chi connectivity index (χ1n) is 20.8. The molecule has 0 unspecified atom stereocenters. The highest BCUT2D eigenvalue weighted by Crippen LogP contribution is 2.45. The minimum atomic E-state index is -3.28. The van der Waals surface area contributed by atoms with Crippen LogP contribution in [0.3, 0.4) is 0 Å². The van der Waals surface area contributed by atoms with Gasteiger partial charge in [0.25, 0.3) is 0 Å². The first-order valence-corrected chi connectivity index (χ1v) is 22.7. The van der Waals surface area contributed by atoms with Crippen LogP contribution in [0.2, 0.25) is 0 Å². The molecule has 5 nitrogen and oxygen atoms in total. The van der Waals surface area contributed by atoms with E-state index in [1.807, 2.05) is 85.7 Å². The molecule has 294 valence electrons. The molecule has 2 bridgehead atoms. The molecule has 0 N–H and O–H groups in total. The largest absolute Gasteiger partial charge is 0.300 e. The van der Waals surface area contributed by atoms with E-state index in [4.69, 9.17) is 0 Å². The number of likely N-dealkylation sites (tertiary alicyclic amines) is 1. The fourth-order valence-corrected chi connectivity index (χ4v) is 8.15. The first-order chi connectivity index (χ1) is 24.4. The average Bonchev–Trinajstić information content (AvgIpc) is 3.69. The number of Topliss-reactive ketones (excluding diaryl/α,β-unsaturated/α-hetero) is 1. The second kappa shape index (κ2) is 26.7. The number of carbonyl (C=O) groups excluding carboxylic acids is 1. The number of nitrogens with zero attached hydrogens (tertiary/aromatic N) is 2. The highest BCUT2D eigenvalue weighted by molar-refractivity contribution is 7.90. The van der Waals surface area contributed by atoms with Crippen LogP contribution in [0, 0.1) is 17.3 Å². The molecule has 2 saturated carbocycles. The number of benzene rings is 2. The van der Waals surface area contributed by atoms with Gasteiger partial charge in [-0.25, -0.2) is 8.42 Å². The zero-order valence-corrected chi connectivity index (χ0v) is 36.2. The van der Waals surface area contributed by atoms with Crippen molar-refractivity contribution < 1.29 is 13.2 Å². The van der Waals surface area contributed by atoms with Gasteiger partial charge in [-0.15, -0.1) is 0 Å². The number of fused-ring (bicyclic) bond motifs is 4. The molecule has 6 heteroatoms. The molecule has 2 aromatic carbocycles. The minimum absolute atomic E-state index is 0.0864. The van der Waals surface area contributed by atoms with Gasteiger partial charge in [-0.05, 0) is 114 Å². The number of hydrogen-bond donors (Lipinski definition) is 0. The molecule has 5 aliphatic rings. The predicted octanol–water partition coefficient (Wildman–Crippen LogP) is 11.8. The standard InChI is InChI=1S/C15H14O3S.2C11H21N.4C2H6/c1-19(17,18)14-9-5-8-13(11-14)15(16)10-12-6-3-2-4-7-12;1-9(2)12-7-10-3-4-11(8-12)6-5-10;1-10(2)12-8-7-11(9-12)5-3-4-6-11;4*1-2/h2-9,11H,10H2,1H3;9-11H,3-8H2,1-2H3;10H,3-9H2,1-2H3;4*1-2H3. The van der Waals surface area contributed by atoms with Crippen molar-refractivity contribution in [2.24, 2.45) is 17.3 Å². The lowest BCUT2D eigenvalue weighted by atomic mass is 9.84. The van der Waals surface area contributed by atoms with Gasteiger partial charge in [-0.1, -0.05) is 111 Å². The predicted molar refractivity (Wildman–Crippen MR) is 224 cm³/mol. The molecule has 3 aliphatic heterocycles. The lowest BCUT2D eigenvalue weighted by Gasteiger charge is -2.26. The molecule has 7 rings (SSSR count). The Hall–Kier alpha value is -2.02. The van der Waals surface area contributed by atoms with Crippen LogP contribution in [0.5, 0.6) is 0 Å². The van der Waals surface area contributed by atoms with Crippen molar-refractivity contribution in [3.05, 3.63) is 65.7 Å². The molecule has 0 aromatic heterocycles. The van der Waals surface area contributed by atoms with Crippen LogP contribution in [-0.2, 0) is 16.3 Å². The molecule has 5 fully saturated rings. The van der Waals surface area contributed by atoms with Crippen LogP contribution in [0.15, 0.2) is 59.5 Å². The number of ketones is 1. The Balaban J connectivity index is 0.000000687. The SMILES string of the molecule is CC.CC.CC.CC.CC(C)N1CC2CCC(CC2)C1.CC(C)N1CCC2(CCCC2)C1.CS(=O)(=O)c1cccc(C(=O)Cc2ccccc2)c1. The summed E-state index contributed by atoms with van der Waals surface area (Å²) in [6.07, 6.45) is 14.9. The molecule has 3 heterocycles. The Morgan fingerprint density at radius 2 is 1.20 bits per heavy atom. The second-order valence-corrected chi connectivity index (χ2v) is 16.4. The molecular weight excluding hydrogens is 649 g/mol. The van der Waals surface area contributed by atoms with Crippen LogP contribution in [0.25, 0.3) is 0 Å². The monoisotopic (exact) mass is 729 g/mol. The third-order valence-electron chi connectivity index (χ3n) is 10.3. The number of carbonyl (C=O) groups is 1. The molecule has 2 aromatic rings. The van der Waals surface area contributed by atoms with E-state index < -0.39 is 9.84 Å². The Morgan fingerprint density at radius 1 is 0.706 bits per heavy atom. The van der Waals surface area contributed by atoms with Gasteiger partial charge in [0.15, 0.2) is 15.6 Å². The summed E-state index contributed by atoms with van der Waals surface area (Å²) >= 11 is 0. The van der Waals surface area contributed by atoms with E-state index in [0.29, 0.717) is 5.56 Å². The molecule has 2 aliphatic carbocycles. The first kappa shape index (κ1) is 49.0. The van der Waals surface area contributed by atoms with E-state index in [0.717, 1.165) is 41.2 Å². The maximum Gasteiger partial charge on any atom is 0.175 e. The Kier molecular flexibility index (Phi) is 25.6. The molecule has 0 amide bonds. The maximum atomic E-state index is 12.1. The summed E-state index contributed by atoms with van der Waals surface area (Å²) in [4.78, 5) is 17.6. The normalized spacial score (nSPS) is 20.3. The van der Waals surface area contributed by atoms with E-state index in [-0.39, 0.29) is 17.1 Å². The molecule has 51 heavy (non-hydrogen) atoms. The van der Waals surface area contributed by atoms with E-state index in [9.17, 15) is 13.2 Å². The quantitative estimate of drug-likeness (QED) is 0.277. The Bertz CT molecular complexity index is 1250. The van der Waals surface area contributed by atoms with Crippen molar-refractivity contribution in [1.29, 1.82) is 0 Å². The van der Waals surface area contributed by atoms with Crippen molar-refractivity contribution in [3.63, 3.8) is 0 Å². The highest BCUT2D eigenvalue weighted by Gasteiger charge is 2.40. The van der Waals surface area contributed by atoms with Crippen molar-refractivity contribution in [2.45, 2.75) is 164 Å². The molecule has 0 atom stereocenters. The van der Waals surface area contributed by atoms with Gasteiger partial charge in [0.1, 0.15) is 0 Å². The van der Waals surface area contributed by atoms with Crippen LogP contribution in [0.4, 0.5) is 0 Å². The van der Waals surface area contributed by atoms with Crippen molar-refractivity contribution in [2.75, 3.05) is 32.4 Å². The zero-order chi connectivity index (χ0) is 39.0. The van der Waals surface area contributed by atoms with Crippen LogP contribution >= 0.6 is 0 Å². The molecule has 0 radical (unpaired) electrons. The van der Waals surface area contributed by atoms with Gasteiger partial charge in [-0.3, -0.25) is 4.79 Å². The summed E-state index contributed by atoms with van der Waals surface area (Å²) < 4.78 is 22.9. The van der Waals surface area contributed by atoms with E-state index in [2.05, 4.69) is 37.5 Å². The summed E-state index contributed by atoms with van der Waals surface area (Å²) in [5, 5.41) is 0. The topological polar surface area (TPSA) is 57.7 Å². The fraction of sp³-hybridized carbons (Fsp3) is 0.711. The van der Waals surface area contributed by atoms with Crippen LogP contribution in [0.1, 0.15) is 157 Å².